The minimum atomic E-state index is -4.58. The van der Waals surface area contributed by atoms with Crippen molar-refractivity contribution >= 4 is 5.91 Å². The number of hydrogen-bond donors (Lipinski definition) is 1. The van der Waals surface area contributed by atoms with Gasteiger partial charge in [0, 0.05) is 12.6 Å². The average molecular weight is 409 g/mol. The van der Waals surface area contributed by atoms with Crippen LogP contribution < -0.4 is 5.73 Å². The largest absolute Gasteiger partial charge is 0.417 e. The molecule has 4 rings (SSSR count). The first kappa shape index (κ1) is 20.7. The highest BCUT2D eigenvalue weighted by atomic mass is 19.4. The van der Waals surface area contributed by atoms with Crippen molar-refractivity contribution in [2.75, 3.05) is 26.2 Å². The van der Waals surface area contributed by atoms with Crippen LogP contribution in [0.15, 0.2) is 18.2 Å². The van der Waals surface area contributed by atoms with Crippen molar-refractivity contribution in [3.63, 3.8) is 0 Å². The van der Waals surface area contributed by atoms with E-state index in [9.17, 15) is 18.0 Å². The van der Waals surface area contributed by atoms with Crippen LogP contribution in [-0.2, 0) is 12.7 Å². The first-order valence-corrected chi connectivity index (χ1v) is 10.7. The Morgan fingerprint density at radius 2 is 1.69 bits per heavy atom. The van der Waals surface area contributed by atoms with Crippen LogP contribution in [0.4, 0.5) is 13.2 Å². The van der Waals surface area contributed by atoms with Crippen molar-refractivity contribution in [1.82, 2.24) is 9.80 Å². The fraction of sp³-hybridized carbons (Fsp3) is 0.682. The van der Waals surface area contributed by atoms with Crippen LogP contribution in [0.3, 0.4) is 0 Å². The smallest absolute Gasteiger partial charge is 0.366 e. The topological polar surface area (TPSA) is 49.6 Å². The van der Waals surface area contributed by atoms with Crippen LogP contribution in [0.1, 0.15) is 66.4 Å². The van der Waals surface area contributed by atoms with Crippen LogP contribution in [-0.4, -0.2) is 47.9 Å². The van der Waals surface area contributed by atoms with E-state index in [2.05, 4.69) is 9.80 Å². The number of hydrogen-bond acceptors (Lipinski definition) is 3. The lowest BCUT2D eigenvalue weighted by molar-refractivity contribution is -0.138. The van der Waals surface area contributed by atoms with E-state index < -0.39 is 23.2 Å². The molecule has 1 spiro atoms. The third-order valence-electron chi connectivity index (χ3n) is 7.43. The second-order valence-corrected chi connectivity index (χ2v) is 9.14. The quantitative estimate of drug-likeness (QED) is 0.817. The van der Waals surface area contributed by atoms with Gasteiger partial charge in [-0.25, -0.2) is 0 Å². The maximum absolute atomic E-state index is 13.3. The molecule has 2 saturated heterocycles. The van der Waals surface area contributed by atoms with E-state index in [0.29, 0.717) is 17.5 Å². The molecule has 1 saturated carbocycles. The highest BCUT2D eigenvalue weighted by molar-refractivity contribution is 5.94. The van der Waals surface area contributed by atoms with E-state index in [4.69, 9.17) is 5.73 Å². The summed E-state index contributed by atoms with van der Waals surface area (Å²) < 4.78 is 39.9. The summed E-state index contributed by atoms with van der Waals surface area (Å²) in [6, 6.07) is 4.71. The summed E-state index contributed by atoms with van der Waals surface area (Å²) in [7, 11) is 0. The summed E-state index contributed by atoms with van der Waals surface area (Å²) in [5.74, 6) is -1.04. The van der Waals surface area contributed by atoms with Gasteiger partial charge in [0.1, 0.15) is 0 Å². The summed E-state index contributed by atoms with van der Waals surface area (Å²) in [6.45, 7) is 4.72. The van der Waals surface area contributed by atoms with Crippen LogP contribution >= 0.6 is 0 Å². The van der Waals surface area contributed by atoms with Gasteiger partial charge in [0.05, 0.1) is 11.1 Å². The first-order chi connectivity index (χ1) is 13.8. The molecule has 2 N–H and O–H groups in total. The van der Waals surface area contributed by atoms with Crippen LogP contribution in [0.25, 0.3) is 0 Å². The molecule has 1 aromatic carbocycles. The molecule has 1 amide bonds. The van der Waals surface area contributed by atoms with Gasteiger partial charge in [-0.15, -0.1) is 0 Å². The molecule has 2 heterocycles. The Kier molecular flexibility index (Phi) is 5.64. The van der Waals surface area contributed by atoms with E-state index in [1.807, 2.05) is 0 Å². The molecule has 0 aromatic heterocycles. The molecule has 0 atom stereocenters. The van der Waals surface area contributed by atoms with Gasteiger partial charge in [-0.2, -0.15) is 13.2 Å². The maximum atomic E-state index is 13.3. The fourth-order valence-electron chi connectivity index (χ4n) is 5.20. The number of carbonyl (C=O) groups is 1. The van der Waals surface area contributed by atoms with E-state index in [0.717, 1.165) is 38.0 Å². The van der Waals surface area contributed by atoms with Crippen LogP contribution in [0.5, 0.6) is 0 Å². The number of likely N-dealkylation sites (tertiary alicyclic amines) is 2. The SMILES string of the molecule is NC(=O)c1ccc(CN2CCC3(CC2)CCN(C2CCC2)CC3)cc1C(F)(F)F. The molecule has 1 aliphatic carbocycles. The zero-order valence-corrected chi connectivity index (χ0v) is 16.8. The minimum absolute atomic E-state index is 0.420. The predicted octanol–water partition coefficient (Wildman–Crippen LogP) is 4.03. The van der Waals surface area contributed by atoms with Crippen molar-refractivity contribution < 1.29 is 18.0 Å². The highest BCUT2D eigenvalue weighted by Crippen LogP contribution is 2.43. The molecule has 1 aromatic rings. The predicted molar refractivity (Wildman–Crippen MR) is 105 cm³/mol. The zero-order valence-electron chi connectivity index (χ0n) is 16.8. The number of rotatable bonds is 4. The summed E-state index contributed by atoms with van der Waals surface area (Å²) in [4.78, 5) is 16.2. The second kappa shape index (κ2) is 7.91. The van der Waals surface area contributed by atoms with Gasteiger partial charge in [-0.3, -0.25) is 9.69 Å². The summed E-state index contributed by atoms with van der Waals surface area (Å²) in [5.41, 5.74) is 4.72. The van der Waals surface area contributed by atoms with Crippen LogP contribution in [0.2, 0.25) is 0 Å². The molecule has 3 fully saturated rings. The van der Waals surface area contributed by atoms with Gasteiger partial charge < -0.3 is 10.6 Å². The number of piperidine rings is 2. The average Bonchev–Trinajstić information content (AvgIpc) is 2.63. The molecule has 0 unspecified atom stereocenters. The normalized spacial score (nSPS) is 23.8. The van der Waals surface area contributed by atoms with E-state index >= 15 is 0 Å². The number of nitrogens with zero attached hydrogens (tertiary/aromatic N) is 2. The van der Waals surface area contributed by atoms with Crippen molar-refractivity contribution in [3.05, 3.63) is 34.9 Å². The lowest BCUT2D eigenvalue weighted by atomic mass is 9.70. The first-order valence-electron chi connectivity index (χ1n) is 10.7. The van der Waals surface area contributed by atoms with E-state index in [-0.39, 0.29) is 0 Å². The second-order valence-electron chi connectivity index (χ2n) is 9.14. The zero-order chi connectivity index (χ0) is 20.6. The molecule has 4 nitrogen and oxygen atoms in total. The Labute approximate surface area is 170 Å². The van der Waals surface area contributed by atoms with Crippen LogP contribution in [0, 0.1) is 5.41 Å². The third kappa shape index (κ3) is 4.45. The Balaban J connectivity index is 1.34. The number of benzene rings is 1. The Hall–Kier alpha value is -1.60. The van der Waals surface area contributed by atoms with E-state index in [1.54, 1.807) is 6.07 Å². The summed E-state index contributed by atoms with van der Waals surface area (Å²) in [6.07, 6.45) is 4.25. The van der Waals surface area contributed by atoms with Crippen molar-refractivity contribution in [2.24, 2.45) is 11.1 Å². The number of nitrogens with two attached hydrogens (primary N) is 1. The Morgan fingerprint density at radius 3 is 2.21 bits per heavy atom. The molecule has 29 heavy (non-hydrogen) atoms. The fourth-order valence-corrected chi connectivity index (χ4v) is 5.20. The molecule has 7 heteroatoms. The molecule has 2 aliphatic heterocycles. The molecule has 3 aliphatic rings. The number of halogens is 3. The van der Waals surface area contributed by atoms with Gasteiger partial charge in [0.2, 0.25) is 5.91 Å². The minimum Gasteiger partial charge on any atom is -0.366 e. The van der Waals surface area contributed by atoms with Gasteiger partial charge in [-0.1, -0.05) is 12.5 Å². The molecular formula is C22H30F3N3O. The van der Waals surface area contributed by atoms with Gasteiger partial charge in [0.25, 0.3) is 0 Å². The van der Waals surface area contributed by atoms with Crippen molar-refractivity contribution in [3.8, 4) is 0 Å². The monoisotopic (exact) mass is 409 g/mol. The van der Waals surface area contributed by atoms with Gasteiger partial charge in [0.15, 0.2) is 0 Å². The molecule has 0 radical (unpaired) electrons. The number of amides is 1. The van der Waals surface area contributed by atoms with Gasteiger partial charge in [-0.05, 0) is 87.8 Å². The van der Waals surface area contributed by atoms with Crippen molar-refractivity contribution in [1.29, 1.82) is 0 Å². The number of carbonyl (C=O) groups excluding carboxylic acids is 1. The maximum Gasteiger partial charge on any atom is 0.417 e. The summed E-state index contributed by atoms with van der Waals surface area (Å²) >= 11 is 0. The standard InChI is InChI=1S/C22H30F3N3O/c23-22(24,25)19-14-16(4-5-18(19)20(26)29)15-27-10-6-21(7-11-27)8-12-28(13-9-21)17-2-1-3-17/h4-5,14,17H,1-3,6-13,15H2,(H2,26,29). The van der Waals surface area contributed by atoms with Crippen molar-refractivity contribution in [2.45, 2.75) is 63.7 Å². The molecule has 160 valence electrons. The molecular weight excluding hydrogens is 379 g/mol. The Bertz CT molecular complexity index is 742. The van der Waals surface area contributed by atoms with E-state index in [1.165, 1.54) is 51.3 Å². The highest BCUT2D eigenvalue weighted by Gasteiger charge is 2.40. The number of alkyl halides is 3. The molecule has 0 bridgehead atoms. The third-order valence-corrected chi connectivity index (χ3v) is 7.43. The lowest BCUT2D eigenvalue weighted by Crippen LogP contribution is -2.50. The summed E-state index contributed by atoms with van der Waals surface area (Å²) in [5, 5.41) is 0. The lowest BCUT2D eigenvalue weighted by Gasteiger charge is -2.50. The van der Waals surface area contributed by atoms with Gasteiger partial charge >= 0.3 is 6.18 Å². The number of primary amides is 1. The Morgan fingerprint density at radius 1 is 1.07 bits per heavy atom.